The summed E-state index contributed by atoms with van der Waals surface area (Å²) in [6, 6.07) is 12.6. The molecule has 0 radical (unpaired) electrons. The number of hydrogen-bond donors (Lipinski definition) is 2. The molecule has 3 rings (SSSR count). The molecule has 0 spiro atoms. The fourth-order valence-electron chi connectivity index (χ4n) is 3.58. The van der Waals surface area contributed by atoms with Crippen LogP contribution in [0.2, 0.25) is 0 Å². The number of para-hydroxylation sites is 1. The molecule has 1 saturated heterocycles. The Hall–Kier alpha value is -2.65. The lowest BCUT2D eigenvalue weighted by Gasteiger charge is -2.38. The molecule has 1 aliphatic rings. The minimum atomic E-state index is -3.04. The number of likely N-dealkylation sites (tertiary alicyclic amines) is 1. The molecule has 1 aromatic heterocycles. The van der Waals surface area contributed by atoms with Crippen LogP contribution in [0.3, 0.4) is 0 Å². The van der Waals surface area contributed by atoms with Crippen LogP contribution in [-0.4, -0.2) is 69.1 Å². The van der Waals surface area contributed by atoms with Gasteiger partial charge < -0.3 is 20.3 Å². The number of urea groups is 1. The SMILES string of the molecule is COc1ccc([C@@H]2CN(CCS(C)(=O)=O)CC[C@H]2NC(=O)Nc2ccccc2)nc1. The van der Waals surface area contributed by atoms with Gasteiger partial charge in [-0.3, -0.25) is 4.98 Å². The van der Waals surface area contributed by atoms with Gasteiger partial charge in [0.05, 0.1) is 19.1 Å². The second-order valence-corrected chi connectivity index (χ2v) is 9.78. The molecule has 1 aliphatic heterocycles. The summed E-state index contributed by atoms with van der Waals surface area (Å²) in [5, 5.41) is 5.92. The Morgan fingerprint density at radius 2 is 2.00 bits per heavy atom. The average molecular weight is 433 g/mol. The van der Waals surface area contributed by atoms with Crippen molar-refractivity contribution >= 4 is 21.6 Å². The number of nitrogens with zero attached hydrogens (tertiary/aromatic N) is 2. The fraction of sp³-hybridized carbons (Fsp3) is 0.429. The Morgan fingerprint density at radius 3 is 2.63 bits per heavy atom. The van der Waals surface area contributed by atoms with Gasteiger partial charge in [0.1, 0.15) is 15.6 Å². The maximum Gasteiger partial charge on any atom is 0.319 e. The zero-order valence-corrected chi connectivity index (χ0v) is 18.1. The van der Waals surface area contributed by atoms with Gasteiger partial charge >= 0.3 is 6.03 Å². The molecule has 8 nitrogen and oxygen atoms in total. The van der Waals surface area contributed by atoms with Gasteiger partial charge in [-0.15, -0.1) is 0 Å². The van der Waals surface area contributed by atoms with Crippen LogP contribution in [0.5, 0.6) is 5.75 Å². The predicted molar refractivity (Wildman–Crippen MR) is 117 cm³/mol. The zero-order chi connectivity index (χ0) is 21.6. The number of aromatic nitrogens is 1. The standard InChI is InChI=1S/C21H28N4O4S/c1-29-17-8-9-19(22-14-17)18-15-25(12-13-30(2,27)28)11-10-20(18)24-21(26)23-16-6-4-3-5-7-16/h3-9,14,18,20H,10-13,15H2,1-2H3,(H2,23,24,26)/t18-,20+/m0/s1. The Kier molecular flexibility index (Phi) is 7.28. The molecule has 0 unspecified atom stereocenters. The maximum absolute atomic E-state index is 12.5. The van der Waals surface area contributed by atoms with Crippen LogP contribution in [0.4, 0.5) is 10.5 Å². The van der Waals surface area contributed by atoms with Gasteiger partial charge in [-0.2, -0.15) is 0 Å². The Labute approximate surface area is 177 Å². The first kappa shape index (κ1) is 22.0. The summed E-state index contributed by atoms with van der Waals surface area (Å²) in [6.45, 7) is 1.79. The highest BCUT2D eigenvalue weighted by atomic mass is 32.2. The number of hydrogen-bond acceptors (Lipinski definition) is 6. The highest BCUT2D eigenvalue weighted by Crippen LogP contribution is 2.27. The smallest absolute Gasteiger partial charge is 0.319 e. The van der Waals surface area contributed by atoms with Gasteiger partial charge in [-0.1, -0.05) is 18.2 Å². The van der Waals surface area contributed by atoms with Crippen molar-refractivity contribution in [2.24, 2.45) is 0 Å². The van der Waals surface area contributed by atoms with E-state index in [1.54, 1.807) is 13.3 Å². The van der Waals surface area contributed by atoms with E-state index >= 15 is 0 Å². The molecule has 2 amide bonds. The molecule has 1 aromatic carbocycles. The molecule has 2 aromatic rings. The highest BCUT2D eigenvalue weighted by molar-refractivity contribution is 7.90. The second kappa shape index (κ2) is 9.90. The summed E-state index contributed by atoms with van der Waals surface area (Å²) >= 11 is 0. The molecule has 2 atom stereocenters. The van der Waals surface area contributed by atoms with Crippen molar-refractivity contribution < 1.29 is 17.9 Å². The van der Waals surface area contributed by atoms with Crippen LogP contribution < -0.4 is 15.4 Å². The van der Waals surface area contributed by atoms with Crippen LogP contribution in [0.1, 0.15) is 18.0 Å². The van der Waals surface area contributed by atoms with Crippen molar-refractivity contribution in [3.8, 4) is 5.75 Å². The van der Waals surface area contributed by atoms with Crippen molar-refractivity contribution in [3.63, 3.8) is 0 Å². The van der Waals surface area contributed by atoms with Crippen LogP contribution in [0.15, 0.2) is 48.7 Å². The Bertz CT molecular complexity index is 935. The Balaban J connectivity index is 1.71. The van der Waals surface area contributed by atoms with Crippen molar-refractivity contribution in [3.05, 3.63) is 54.4 Å². The number of piperidine rings is 1. The van der Waals surface area contributed by atoms with Crippen molar-refractivity contribution in [1.82, 2.24) is 15.2 Å². The molecule has 2 heterocycles. The summed E-state index contributed by atoms with van der Waals surface area (Å²) in [6.07, 6.45) is 3.61. The van der Waals surface area contributed by atoms with E-state index in [2.05, 4.69) is 20.5 Å². The number of anilines is 1. The third-order valence-corrected chi connectivity index (χ3v) is 6.12. The van der Waals surface area contributed by atoms with Gasteiger partial charge in [0, 0.05) is 49.2 Å². The lowest BCUT2D eigenvalue weighted by atomic mass is 9.89. The Morgan fingerprint density at radius 1 is 1.23 bits per heavy atom. The minimum absolute atomic E-state index is 0.0641. The van der Waals surface area contributed by atoms with Crippen LogP contribution >= 0.6 is 0 Å². The van der Waals surface area contributed by atoms with Gasteiger partial charge in [-0.25, -0.2) is 13.2 Å². The van der Waals surface area contributed by atoms with E-state index in [4.69, 9.17) is 4.74 Å². The van der Waals surface area contributed by atoms with E-state index in [0.717, 1.165) is 11.4 Å². The highest BCUT2D eigenvalue weighted by Gasteiger charge is 2.32. The lowest BCUT2D eigenvalue weighted by Crippen LogP contribution is -2.51. The van der Waals surface area contributed by atoms with Crippen molar-refractivity contribution in [2.75, 3.05) is 44.1 Å². The van der Waals surface area contributed by atoms with E-state index in [1.165, 1.54) is 6.26 Å². The van der Waals surface area contributed by atoms with Gasteiger partial charge in [-0.05, 0) is 30.7 Å². The number of nitrogens with one attached hydrogen (secondary N) is 2. The number of amides is 2. The molecule has 0 aliphatic carbocycles. The number of pyridine rings is 1. The summed E-state index contributed by atoms with van der Waals surface area (Å²) in [5.74, 6) is 0.711. The summed E-state index contributed by atoms with van der Waals surface area (Å²) < 4.78 is 28.3. The number of ether oxygens (including phenoxy) is 1. The normalized spacial score (nSPS) is 19.8. The van der Waals surface area contributed by atoms with Crippen LogP contribution in [0, 0.1) is 0 Å². The van der Waals surface area contributed by atoms with Crippen molar-refractivity contribution in [2.45, 2.75) is 18.4 Å². The fourth-order valence-corrected chi connectivity index (χ4v) is 4.17. The second-order valence-electron chi connectivity index (χ2n) is 7.52. The first-order chi connectivity index (χ1) is 14.3. The first-order valence-corrected chi connectivity index (χ1v) is 11.9. The molecular formula is C21H28N4O4S. The molecule has 1 fully saturated rings. The third-order valence-electron chi connectivity index (χ3n) is 5.20. The van der Waals surface area contributed by atoms with Crippen LogP contribution in [-0.2, 0) is 9.84 Å². The number of carbonyl (C=O) groups is 1. The molecule has 30 heavy (non-hydrogen) atoms. The van der Waals surface area contributed by atoms with Gasteiger partial charge in [0.2, 0.25) is 0 Å². The zero-order valence-electron chi connectivity index (χ0n) is 17.2. The minimum Gasteiger partial charge on any atom is -0.495 e. The van der Waals surface area contributed by atoms with E-state index in [1.807, 2.05) is 42.5 Å². The van der Waals surface area contributed by atoms with Crippen LogP contribution in [0.25, 0.3) is 0 Å². The number of benzene rings is 1. The topological polar surface area (TPSA) is 101 Å². The van der Waals surface area contributed by atoms with Gasteiger partial charge in [0.15, 0.2) is 0 Å². The van der Waals surface area contributed by atoms with Gasteiger partial charge in [0.25, 0.3) is 0 Å². The number of sulfone groups is 1. The molecule has 162 valence electrons. The number of rotatable bonds is 7. The number of carbonyl (C=O) groups excluding carboxylic acids is 1. The number of methoxy groups -OCH3 is 1. The third kappa shape index (κ3) is 6.43. The summed E-state index contributed by atoms with van der Waals surface area (Å²) in [4.78, 5) is 19.2. The first-order valence-electron chi connectivity index (χ1n) is 9.86. The molecule has 2 N–H and O–H groups in total. The molecule has 0 bridgehead atoms. The van der Waals surface area contributed by atoms with E-state index in [-0.39, 0.29) is 23.7 Å². The largest absolute Gasteiger partial charge is 0.495 e. The molecular weight excluding hydrogens is 404 g/mol. The predicted octanol–water partition coefficient (Wildman–Crippen LogP) is 2.11. The average Bonchev–Trinajstić information content (AvgIpc) is 2.73. The quantitative estimate of drug-likeness (QED) is 0.695. The maximum atomic E-state index is 12.5. The van der Waals surface area contributed by atoms with E-state index in [0.29, 0.717) is 31.8 Å². The van der Waals surface area contributed by atoms with Crippen molar-refractivity contribution in [1.29, 1.82) is 0 Å². The van der Waals surface area contributed by atoms with E-state index in [9.17, 15) is 13.2 Å². The summed E-state index contributed by atoms with van der Waals surface area (Å²) in [7, 11) is -1.45. The molecule has 0 saturated carbocycles. The summed E-state index contributed by atoms with van der Waals surface area (Å²) in [5.41, 5.74) is 1.56. The lowest BCUT2D eigenvalue weighted by molar-refractivity contribution is 0.180. The monoisotopic (exact) mass is 432 g/mol. The van der Waals surface area contributed by atoms with E-state index < -0.39 is 9.84 Å². The molecule has 9 heteroatoms.